The number of ether oxygens (including phenoxy) is 4. The van der Waals surface area contributed by atoms with Gasteiger partial charge < -0.3 is 49.5 Å². The van der Waals surface area contributed by atoms with Crippen LogP contribution in [0.1, 0.15) is 100 Å². The summed E-state index contributed by atoms with van der Waals surface area (Å²) in [5.41, 5.74) is 1.46. The number of benzene rings is 2. The third-order valence-corrected chi connectivity index (χ3v) is 14.0. The van der Waals surface area contributed by atoms with Gasteiger partial charge in [-0.25, -0.2) is 0 Å². The van der Waals surface area contributed by atoms with Crippen LogP contribution in [-0.4, -0.2) is 106 Å². The van der Waals surface area contributed by atoms with Crippen molar-refractivity contribution in [2.45, 2.75) is 115 Å². The third-order valence-electron chi connectivity index (χ3n) is 13.7. The Morgan fingerprint density at radius 3 is 2.19 bits per heavy atom. The highest BCUT2D eigenvalue weighted by molar-refractivity contribution is 6.30. The lowest BCUT2D eigenvalue weighted by Gasteiger charge is -2.39. The Hall–Kier alpha value is -5.71. The summed E-state index contributed by atoms with van der Waals surface area (Å²) in [6.07, 6.45) is 14.0. The Morgan fingerprint density at radius 2 is 1.54 bits per heavy atom. The van der Waals surface area contributed by atoms with E-state index in [-0.39, 0.29) is 72.6 Å². The maximum Gasteiger partial charge on any atom is 0.291 e. The van der Waals surface area contributed by atoms with Gasteiger partial charge in [0.1, 0.15) is 17.3 Å². The van der Waals surface area contributed by atoms with Gasteiger partial charge in [0.15, 0.2) is 5.76 Å². The van der Waals surface area contributed by atoms with Crippen molar-refractivity contribution in [3.05, 3.63) is 77.2 Å². The number of furan rings is 1. The number of nitrogens with one attached hydrogen (secondary N) is 4. The second-order valence-electron chi connectivity index (χ2n) is 18.5. The summed E-state index contributed by atoms with van der Waals surface area (Å²) in [6.45, 7) is 3.52. The van der Waals surface area contributed by atoms with Crippen molar-refractivity contribution in [2.75, 3.05) is 46.3 Å². The molecule has 17 heteroatoms. The Balaban J connectivity index is 0.741. The van der Waals surface area contributed by atoms with Crippen LogP contribution in [0, 0.1) is 17.3 Å². The van der Waals surface area contributed by atoms with E-state index < -0.39 is 17.2 Å². The zero-order valence-electron chi connectivity index (χ0n) is 39.5. The smallest absolute Gasteiger partial charge is 0.291 e. The largest absolute Gasteiger partial charge is 0.496 e. The first-order chi connectivity index (χ1) is 32.8. The maximum absolute atomic E-state index is 13.3. The highest BCUT2D eigenvalue weighted by Crippen LogP contribution is 2.40. The predicted molar refractivity (Wildman–Crippen MR) is 258 cm³/mol. The average molecular weight is 958 g/mol. The Bertz CT molecular complexity index is 2280. The van der Waals surface area contributed by atoms with Crippen molar-refractivity contribution >= 4 is 53.0 Å². The van der Waals surface area contributed by atoms with Gasteiger partial charge in [-0.2, -0.15) is 0 Å². The fraction of sp³-hybridized carbons (Fsp3) is 0.529. The number of halogens is 1. The number of carbonyl (C=O) groups is 5. The fourth-order valence-electron chi connectivity index (χ4n) is 9.99. The van der Waals surface area contributed by atoms with Crippen molar-refractivity contribution in [3.8, 4) is 22.8 Å². The number of hydrogen-bond acceptors (Lipinski definition) is 11. The van der Waals surface area contributed by atoms with Crippen molar-refractivity contribution < 1.29 is 47.3 Å². The zero-order valence-corrected chi connectivity index (χ0v) is 40.2. The van der Waals surface area contributed by atoms with Crippen LogP contribution in [-0.2, 0) is 35.2 Å². The Kier molecular flexibility index (Phi) is 17.4. The highest BCUT2D eigenvalue weighted by Gasteiger charge is 2.50. The molecule has 2 aromatic carbocycles. The third kappa shape index (κ3) is 12.9. The molecule has 68 heavy (non-hydrogen) atoms. The van der Waals surface area contributed by atoms with E-state index in [0.29, 0.717) is 91.8 Å². The fourth-order valence-corrected chi connectivity index (χ4v) is 10.1. The molecular weight excluding hydrogens is 892 g/mol. The second-order valence-corrected chi connectivity index (χ2v) is 18.9. The first kappa shape index (κ1) is 50.2. The van der Waals surface area contributed by atoms with Crippen molar-refractivity contribution in [3.63, 3.8) is 0 Å². The summed E-state index contributed by atoms with van der Waals surface area (Å²) >= 11 is 6.00. The molecule has 16 nitrogen and oxygen atoms in total. The number of nitrogens with zero attached hydrogens (tertiary/aromatic N) is 2. The topological polar surface area (TPSA) is 199 Å². The minimum absolute atomic E-state index is 0.00682. The molecule has 7 rings (SSSR count). The number of amides is 5. The molecule has 0 radical (unpaired) electrons. The average Bonchev–Trinajstić information content (AvgIpc) is 3.97. The molecule has 2 aliphatic heterocycles. The maximum atomic E-state index is 13.3. The molecule has 2 saturated carbocycles. The molecule has 1 unspecified atom stereocenters. The van der Waals surface area contributed by atoms with Crippen LogP contribution in [0.3, 0.4) is 0 Å². The minimum atomic E-state index is -0.451. The summed E-state index contributed by atoms with van der Waals surface area (Å²) in [6, 6.07) is 13.5. The van der Waals surface area contributed by atoms with Gasteiger partial charge in [-0.05, 0) is 101 Å². The summed E-state index contributed by atoms with van der Waals surface area (Å²) < 4.78 is 29.3. The molecule has 3 heterocycles. The van der Waals surface area contributed by atoms with Gasteiger partial charge in [0.25, 0.3) is 5.91 Å². The Morgan fingerprint density at radius 1 is 0.868 bits per heavy atom. The van der Waals surface area contributed by atoms with E-state index in [4.69, 9.17) is 35.0 Å². The summed E-state index contributed by atoms with van der Waals surface area (Å²) in [7, 11) is 4.80. The lowest BCUT2D eigenvalue weighted by atomic mass is 9.74. The SMILES string of the molecule is COc1cc(NC(=O)c2ccc(-c3ccc(Cl)cc3)o2)cc(OC)c1CNC(=O)C1CCC(NC(=O)CCCOC2CCC(OCCNC(=O)[C@H]3CC(=O)N(C)[C@@H]3C3(C)C=NC=CC3)CC2)CC1. The molecule has 3 atom stereocenters. The van der Waals surface area contributed by atoms with Crippen LogP contribution in [0.4, 0.5) is 5.69 Å². The van der Waals surface area contributed by atoms with E-state index in [0.717, 1.165) is 37.7 Å². The highest BCUT2D eigenvalue weighted by atomic mass is 35.5. The quantitative estimate of drug-likeness (QED) is 0.0838. The molecule has 4 N–H and O–H groups in total. The first-order valence-electron chi connectivity index (χ1n) is 23.8. The number of methoxy groups -OCH3 is 2. The van der Waals surface area contributed by atoms with Gasteiger partial charge in [-0.3, -0.25) is 29.0 Å². The van der Waals surface area contributed by atoms with Crippen LogP contribution in [0.15, 0.2) is 70.2 Å². The predicted octanol–water partition coefficient (Wildman–Crippen LogP) is 7.24. The van der Waals surface area contributed by atoms with E-state index in [1.807, 2.05) is 24.4 Å². The number of aliphatic imine (C=N–C) groups is 1. The summed E-state index contributed by atoms with van der Waals surface area (Å²) in [5.74, 6) is 0.225. The van der Waals surface area contributed by atoms with Crippen LogP contribution in [0.2, 0.25) is 5.02 Å². The summed E-state index contributed by atoms with van der Waals surface area (Å²) in [4.78, 5) is 71.0. The number of hydrogen-bond donors (Lipinski definition) is 4. The lowest BCUT2D eigenvalue weighted by Crippen LogP contribution is -2.50. The molecule has 3 fully saturated rings. The summed E-state index contributed by atoms with van der Waals surface area (Å²) in [5, 5.41) is 12.6. The molecule has 3 aromatic rings. The van der Waals surface area contributed by atoms with Crippen molar-refractivity contribution in [1.82, 2.24) is 20.9 Å². The number of allylic oxidation sites excluding steroid dienone is 1. The number of likely N-dealkylation sites (tertiary alicyclic amines) is 1. The van der Waals surface area contributed by atoms with E-state index in [1.165, 1.54) is 14.2 Å². The van der Waals surface area contributed by atoms with Gasteiger partial charge in [0.05, 0.1) is 57.1 Å². The zero-order chi connectivity index (χ0) is 48.2. The van der Waals surface area contributed by atoms with Gasteiger partial charge in [-0.15, -0.1) is 0 Å². The van der Waals surface area contributed by atoms with Gasteiger partial charge in [0, 0.05) is 91.2 Å². The molecule has 5 amide bonds. The normalized spacial score (nSPS) is 24.6. The van der Waals surface area contributed by atoms with E-state index in [2.05, 4.69) is 33.2 Å². The number of rotatable bonds is 20. The molecule has 2 aliphatic carbocycles. The monoisotopic (exact) mass is 956 g/mol. The van der Waals surface area contributed by atoms with Crippen LogP contribution < -0.4 is 30.7 Å². The minimum Gasteiger partial charge on any atom is -0.496 e. The molecule has 0 spiro atoms. The van der Waals surface area contributed by atoms with Gasteiger partial charge in [0.2, 0.25) is 23.6 Å². The molecule has 1 saturated heterocycles. The van der Waals surface area contributed by atoms with Gasteiger partial charge >= 0.3 is 0 Å². The van der Waals surface area contributed by atoms with E-state index in [9.17, 15) is 24.0 Å². The first-order valence-corrected chi connectivity index (χ1v) is 24.2. The molecule has 0 bridgehead atoms. The van der Waals surface area contributed by atoms with Crippen LogP contribution in [0.25, 0.3) is 11.3 Å². The number of anilines is 1. The van der Waals surface area contributed by atoms with E-state index >= 15 is 0 Å². The second kappa shape index (κ2) is 23.5. The Labute approximate surface area is 403 Å². The number of carbonyl (C=O) groups excluding carboxylic acids is 5. The van der Waals surface area contributed by atoms with Crippen LogP contribution in [0.5, 0.6) is 11.5 Å². The van der Waals surface area contributed by atoms with Crippen molar-refractivity contribution in [2.24, 2.45) is 22.2 Å². The van der Waals surface area contributed by atoms with E-state index in [1.54, 1.807) is 54.5 Å². The standard InChI is InChI=1S/C51H65ClN6O10/c1-51(22-6-23-53-31-51)47-39(29-46(60)58(47)2)49(62)54-24-26-67-38-18-16-37(17-19-38)66-25-5-7-45(59)56-35-14-10-33(11-15-35)48(61)55-30-40-43(64-3)27-36(28-44(40)65-4)57-50(63)42-21-20-41(68-42)32-8-12-34(52)13-9-32/h6,8-9,12-13,20-21,23,27-28,31,33,35,37-39,47H,5,7,10-11,14-19,22,24-26,29-30H2,1-4H3,(H,54,62)(H,55,61)(H,56,59)(H,57,63)/t33?,35?,37?,38?,39-,47-,51?/m0/s1. The molecule has 4 aliphatic rings. The molecule has 1 aromatic heterocycles. The van der Waals surface area contributed by atoms with Gasteiger partial charge in [-0.1, -0.05) is 24.6 Å². The molecule has 366 valence electrons. The van der Waals surface area contributed by atoms with Crippen LogP contribution >= 0.6 is 11.6 Å². The van der Waals surface area contributed by atoms with Crippen molar-refractivity contribution in [1.29, 1.82) is 0 Å². The molecular formula is C51H65ClN6O10. The lowest BCUT2D eigenvalue weighted by molar-refractivity contribution is -0.128.